The summed E-state index contributed by atoms with van der Waals surface area (Å²) in [5.74, 6) is 0.883. The molecule has 0 bridgehead atoms. The predicted octanol–water partition coefficient (Wildman–Crippen LogP) is 4.88. The van der Waals surface area contributed by atoms with E-state index in [9.17, 15) is 9.90 Å². The molecule has 11 heteroatoms. The Bertz CT molecular complexity index is 1310. The van der Waals surface area contributed by atoms with Crippen molar-refractivity contribution in [2.75, 3.05) is 17.2 Å². The number of benzene rings is 2. The molecule has 4 rings (SSSR count). The Balaban J connectivity index is 1.46. The smallest absolute Gasteiger partial charge is 0.319 e. The van der Waals surface area contributed by atoms with Crippen molar-refractivity contribution in [1.29, 1.82) is 0 Å². The molecule has 0 radical (unpaired) electrons. The van der Waals surface area contributed by atoms with E-state index < -0.39 is 12.1 Å². The second-order valence-electron chi connectivity index (χ2n) is 7.37. The van der Waals surface area contributed by atoms with Crippen molar-refractivity contribution in [3.8, 4) is 5.82 Å². The molecule has 0 fully saturated rings. The highest BCUT2D eigenvalue weighted by molar-refractivity contribution is 6.33. The molecule has 4 aromatic rings. The minimum atomic E-state index is -0.615. The quantitative estimate of drug-likeness (QED) is 0.289. The molecule has 2 heterocycles. The second kappa shape index (κ2) is 10.5. The molecule has 0 aliphatic heterocycles. The molecule has 4 N–H and O–H groups in total. The summed E-state index contributed by atoms with van der Waals surface area (Å²) >= 11 is 12.2. The van der Waals surface area contributed by atoms with Crippen LogP contribution in [0.25, 0.3) is 5.82 Å². The summed E-state index contributed by atoms with van der Waals surface area (Å²) in [5, 5.41) is 23.6. The zero-order valence-corrected chi connectivity index (χ0v) is 19.5. The summed E-state index contributed by atoms with van der Waals surface area (Å²) < 4.78 is 1.53. The Hall–Kier alpha value is -3.66. The molecule has 1 unspecified atom stereocenters. The molecule has 0 saturated heterocycles. The van der Waals surface area contributed by atoms with Crippen LogP contribution in [0.3, 0.4) is 0 Å². The molecule has 2 amide bonds. The third-order valence-corrected chi connectivity index (χ3v) is 5.43. The molecule has 9 nitrogen and oxygen atoms in total. The topological polar surface area (TPSA) is 117 Å². The number of amides is 2. The van der Waals surface area contributed by atoms with E-state index >= 15 is 0 Å². The van der Waals surface area contributed by atoms with Gasteiger partial charge in [0.15, 0.2) is 5.82 Å². The van der Waals surface area contributed by atoms with Crippen molar-refractivity contribution in [1.82, 2.24) is 25.1 Å². The SMILES string of the molecule is Cc1cnc(Nc2ccccc2Cl)nc1-n1cc(NC(=O)NC(CO)c2cccc(Cl)c2)cn1. The number of aryl methyl sites for hydroxylation is 1. The lowest BCUT2D eigenvalue weighted by atomic mass is 10.1. The molecule has 174 valence electrons. The predicted molar refractivity (Wildman–Crippen MR) is 132 cm³/mol. The van der Waals surface area contributed by atoms with Crippen LogP contribution < -0.4 is 16.0 Å². The van der Waals surface area contributed by atoms with Crippen LogP contribution in [-0.4, -0.2) is 37.5 Å². The van der Waals surface area contributed by atoms with Crippen LogP contribution in [-0.2, 0) is 0 Å². The summed E-state index contributed by atoms with van der Waals surface area (Å²) in [6.45, 7) is 1.57. The first-order chi connectivity index (χ1) is 16.4. The summed E-state index contributed by atoms with van der Waals surface area (Å²) in [5.41, 5.74) is 2.59. The van der Waals surface area contributed by atoms with Gasteiger partial charge in [-0.2, -0.15) is 10.1 Å². The van der Waals surface area contributed by atoms with Crippen LogP contribution in [0.15, 0.2) is 67.1 Å². The number of para-hydroxylation sites is 1. The lowest BCUT2D eigenvalue weighted by Crippen LogP contribution is -2.34. The maximum atomic E-state index is 12.5. The summed E-state index contributed by atoms with van der Waals surface area (Å²) in [6.07, 6.45) is 4.79. The van der Waals surface area contributed by atoms with E-state index in [0.717, 1.165) is 5.56 Å². The summed E-state index contributed by atoms with van der Waals surface area (Å²) in [7, 11) is 0. The number of carbonyl (C=O) groups excluding carboxylic acids is 1. The zero-order chi connectivity index (χ0) is 24.1. The number of rotatable bonds is 7. The molecule has 34 heavy (non-hydrogen) atoms. The second-order valence-corrected chi connectivity index (χ2v) is 8.21. The highest BCUT2D eigenvalue weighted by Crippen LogP contribution is 2.24. The first-order valence-electron chi connectivity index (χ1n) is 10.3. The highest BCUT2D eigenvalue weighted by Gasteiger charge is 2.15. The van der Waals surface area contributed by atoms with E-state index in [1.165, 1.54) is 10.9 Å². The standard InChI is InChI=1S/C23H21Cl2N7O2/c1-14-10-26-22(29-19-8-3-2-7-18(19)25)31-21(14)32-12-17(11-27-32)28-23(34)30-20(13-33)15-5-4-6-16(24)9-15/h2-12,20,33H,13H2,1H3,(H,26,29,31)(H2,28,30,34). The van der Waals surface area contributed by atoms with Gasteiger partial charge in [0.2, 0.25) is 5.95 Å². The summed E-state index contributed by atoms with van der Waals surface area (Å²) in [6, 6.07) is 13.1. The lowest BCUT2D eigenvalue weighted by Gasteiger charge is -2.17. The number of halogens is 2. The number of nitrogens with one attached hydrogen (secondary N) is 3. The molecule has 0 saturated carbocycles. The van der Waals surface area contributed by atoms with Crippen LogP contribution in [0.4, 0.5) is 22.1 Å². The van der Waals surface area contributed by atoms with E-state index in [0.29, 0.717) is 38.7 Å². The first-order valence-corrected chi connectivity index (χ1v) is 11.0. The fourth-order valence-electron chi connectivity index (χ4n) is 3.19. The van der Waals surface area contributed by atoms with Crippen LogP contribution in [0, 0.1) is 6.92 Å². The van der Waals surface area contributed by atoms with Crippen molar-refractivity contribution in [3.05, 3.63) is 88.3 Å². The zero-order valence-electron chi connectivity index (χ0n) is 18.0. The van der Waals surface area contributed by atoms with Gasteiger partial charge in [0, 0.05) is 16.8 Å². The van der Waals surface area contributed by atoms with Gasteiger partial charge < -0.3 is 21.1 Å². The van der Waals surface area contributed by atoms with Crippen LogP contribution in [0.5, 0.6) is 0 Å². The monoisotopic (exact) mass is 497 g/mol. The molecule has 0 aliphatic rings. The fraction of sp³-hybridized carbons (Fsp3) is 0.130. The van der Waals surface area contributed by atoms with E-state index in [2.05, 4.69) is 31.0 Å². The van der Waals surface area contributed by atoms with Gasteiger partial charge in [-0.1, -0.05) is 47.5 Å². The van der Waals surface area contributed by atoms with Gasteiger partial charge in [-0.25, -0.2) is 14.5 Å². The van der Waals surface area contributed by atoms with Gasteiger partial charge in [-0.3, -0.25) is 0 Å². The van der Waals surface area contributed by atoms with E-state index in [1.807, 2.05) is 25.1 Å². The minimum absolute atomic E-state index is 0.283. The Morgan fingerprint density at radius 3 is 2.74 bits per heavy atom. The molecule has 0 aliphatic carbocycles. The average molecular weight is 498 g/mol. The molecular formula is C23H21Cl2N7O2. The van der Waals surface area contributed by atoms with E-state index in [1.54, 1.807) is 42.7 Å². The van der Waals surface area contributed by atoms with Gasteiger partial charge in [0.05, 0.1) is 41.4 Å². The molecule has 0 spiro atoms. The number of nitrogens with zero attached hydrogens (tertiary/aromatic N) is 4. The Morgan fingerprint density at radius 2 is 1.97 bits per heavy atom. The number of hydrogen-bond acceptors (Lipinski definition) is 6. The van der Waals surface area contributed by atoms with Crippen molar-refractivity contribution < 1.29 is 9.90 Å². The molecular weight excluding hydrogens is 477 g/mol. The lowest BCUT2D eigenvalue weighted by molar-refractivity contribution is 0.225. The number of aliphatic hydroxyl groups is 1. The molecule has 2 aromatic carbocycles. The highest BCUT2D eigenvalue weighted by atomic mass is 35.5. The number of aromatic nitrogens is 4. The average Bonchev–Trinajstić information content (AvgIpc) is 3.28. The van der Waals surface area contributed by atoms with Gasteiger partial charge in [-0.05, 0) is 36.8 Å². The van der Waals surface area contributed by atoms with Crippen molar-refractivity contribution in [2.24, 2.45) is 0 Å². The number of urea groups is 1. The van der Waals surface area contributed by atoms with Crippen molar-refractivity contribution in [3.63, 3.8) is 0 Å². The minimum Gasteiger partial charge on any atom is -0.394 e. The normalized spacial score (nSPS) is 11.6. The Morgan fingerprint density at radius 1 is 1.15 bits per heavy atom. The summed E-state index contributed by atoms with van der Waals surface area (Å²) in [4.78, 5) is 21.3. The van der Waals surface area contributed by atoms with Gasteiger partial charge in [0.25, 0.3) is 0 Å². The maximum absolute atomic E-state index is 12.5. The number of aliphatic hydroxyl groups excluding tert-OH is 1. The van der Waals surface area contributed by atoms with Gasteiger partial charge in [-0.15, -0.1) is 0 Å². The van der Waals surface area contributed by atoms with E-state index in [4.69, 9.17) is 23.2 Å². The number of carbonyl (C=O) groups is 1. The van der Waals surface area contributed by atoms with Gasteiger partial charge >= 0.3 is 6.03 Å². The van der Waals surface area contributed by atoms with Gasteiger partial charge in [0.1, 0.15) is 0 Å². The van der Waals surface area contributed by atoms with Crippen molar-refractivity contribution in [2.45, 2.75) is 13.0 Å². The molecule has 2 aromatic heterocycles. The molecule has 1 atom stereocenters. The Kier molecular flexibility index (Phi) is 7.27. The maximum Gasteiger partial charge on any atom is 0.319 e. The number of anilines is 3. The van der Waals surface area contributed by atoms with E-state index in [-0.39, 0.29) is 6.61 Å². The third kappa shape index (κ3) is 5.63. The van der Waals surface area contributed by atoms with Crippen LogP contribution in [0.2, 0.25) is 10.0 Å². The van der Waals surface area contributed by atoms with Crippen LogP contribution in [0.1, 0.15) is 17.2 Å². The number of hydrogen-bond donors (Lipinski definition) is 4. The Labute approximate surface area is 205 Å². The first kappa shape index (κ1) is 23.5. The fourth-order valence-corrected chi connectivity index (χ4v) is 3.58. The van der Waals surface area contributed by atoms with Crippen molar-refractivity contribution >= 4 is 46.6 Å². The largest absolute Gasteiger partial charge is 0.394 e. The third-order valence-electron chi connectivity index (χ3n) is 4.86. The van der Waals surface area contributed by atoms with Crippen LogP contribution >= 0.6 is 23.2 Å².